The van der Waals surface area contributed by atoms with Crippen molar-refractivity contribution in [3.63, 3.8) is 0 Å². The monoisotopic (exact) mass is 227 g/mol. The van der Waals surface area contributed by atoms with Crippen LogP contribution in [-0.4, -0.2) is 33.7 Å². The van der Waals surface area contributed by atoms with E-state index in [1.54, 1.807) is 0 Å². The van der Waals surface area contributed by atoms with E-state index in [0.29, 0.717) is 13.1 Å². The summed E-state index contributed by atoms with van der Waals surface area (Å²) in [5.41, 5.74) is 5.41. The van der Waals surface area contributed by atoms with Crippen LogP contribution in [-0.2, 0) is 11.3 Å². The topological polar surface area (TPSA) is 116 Å². The first-order chi connectivity index (χ1) is 7.54. The molecule has 0 aromatic carbocycles. The highest BCUT2D eigenvalue weighted by atomic mass is 16.6. The molecule has 1 aromatic heterocycles. The van der Waals surface area contributed by atoms with Crippen molar-refractivity contribution in [2.24, 2.45) is 5.73 Å². The number of carbonyl (C=O) groups excluding carboxylic acids is 1. The molecule has 0 bridgehead atoms. The van der Waals surface area contributed by atoms with Crippen molar-refractivity contribution in [1.29, 1.82) is 0 Å². The molecule has 0 spiro atoms. The van der Waals surface area contributed by atoms with Gasteiger partial charge in [0, 0.05) is 13.1 Å². The van der Waals surface area contributed by atoms with Crippen molar-refractivity contribution in [2.45, 2.75) is 13.5 Å². The maximum absolute atomic E-state index is 11.3. The van der Waals surface area contributed by atoms with E-state index in [1.165, 1.54) is 17.8 Å². The van der Waals surface area contributed by atoms with Gasteiger partial charge < -0.3 is 11.1 Å². The lowest BCUT2D eigenvalue weighted by molar-refractivity contribution is -0.385. The maximum Gasteiger partial charge on any atom is 0.309 e. The third-order valence-electron chi connectivity index (χ3n) is 1.89. The average molecular weight is 227 g/mol. The Hall–Kier alpha value is -1.96. The molecule has 0 aliphatic heterocycles. The fourth-order valence-electron chi connectivity index (χ4n) is 1.18. The summed E-state index contributed by atoms with van der Waals surface area (Å²) in [5, 5.41) is 16.9. The van der Waals surface area contributed by atoms with E-state index in [0.717, 1.165) is 0 Å². The molecule has 1 aromatic rings. The molecular formula is C8H13N5O3. The van der Waals surface area contributed by atoms with E-state index in [2.05, 4.69) is 10.4 Å². The van der Waals surface area contributed by atoms with Gasteiger partial charge in [-0.3, -0.25) is 19.6 Å². The predicted molar refractivity (Wildman–Crippen MR) is 55.7 cm³/mol. The van der Waals surface area contributed by atoms with Gasteiger partial charge in [-0.25, -0.2) is 0 Å². The Kier molecular flexibility index (Phi) is 3.95. The Bertz CT molecular complexity index is 400. The molecule has 0 aliphatic rings. The summed E-state index contributed by atoms with van der Waals surface area (Å²) < 4.78 is 1.24. The lowest BCUT2D eigenvalue weighted by Gasteiger charge is -2.02. The number of rotatable bonds is 5. The van der Waals surface area contributed by atoms with Gasteiger partial charge in [0.25, 0.3) is 0 Å². The summed E-state index contributed by atoms with van der Waals surface area (Å²) in [6.07, 6.45) is 1.23. The van der Waals surface area contributed by atoms with Crippen LogP contribution in [0, 0.1) is 17.0 Å². The third-order valence-corrected chi connectivity index (χ3v) is 1.89. The Balaban J connectivity index is 2.64. The quantitative estimate of drug-likeness (QED) is 0.503. The van der Waals surface area contributed by atoms with Crippen LogP contribution in [0.1, 0.15) is 5.69 Å². The first-order valence-corrected chi connectivity index (χ1v) is 4.69. The highest BCUT2D eigenvalue weighted by Crippen LogP contribution is 2.14. The van der Waals surface area contributed by atoms with Crippen molar-refractivity contribution in [1.82, 2.24) is 15.1 Å². The van der Waals surface area contributed by atoms with E-state index in [1.807, 2.05) is 0 Å². The van der Waals surface area contributed by atoms with Gasteiger partial charge in [-0.1, -0.05) is 0 Å². The number of hydrogen-bond donors (Lipinski definition) is 2. The summed E-state index contributed by atoms with van der Waals surface area (Å²) in [6, 6.07) is 0. The standard InChI is InChI=1S/C8H13N5O3/c1-6-7(13(15)16)4-12(11-6)5-8(14)10-3-2-9/h4H,2-3,5,9H2,1H3,(H,10,14). The lowest BCUT2D eigenvalue weighted by Crippen LogP contribution is -2.32. The van der Waals surface area contributed by atoms with Gasteiger partial charge in [-0.05, 0) is 6.92 Å². The Morgan fingerprint density at radius 3 is 2.94 bits per heavy atom. The van der Waals surface area contributed by atoms with Crippen LogP contribution in [0.15, 0.2) is 6.20 Å². The minimum atomic E-state index is -0.531. The number of carbonyl (C=O) groups is 1. The van der Waals surface area contributed by atoms with E-state index in [-0.39, 0.29) is 23.8 Å². The lowest BCUT2D eigenvalue weighted by atomic mass is 10.4. The molecule has 0 aliphatic carbocycles. The van der Waals surface area contributed by atoms with E-state index >= 15 is 0 Å². The van der Waals surface area contributed by atoms with E-state index in [4.69, 9.17) is 5.73 Å². The summed E-state index contributed by atoms with van der Waals surface area (Å²) >= 11 is 0. The zero-order valence-corrected chi connectivity index (χ0v) is 8.84. The van der Waals surface area contributed by atoms with Gasteiger partial charge in [0.1, 0.15) is 18.4 Å². The molecule has 88 valence electrons. The summed E-state index contributed by atoms with van der Waals surface area (Å²) in [5.74, 6) is -0.275. The van der Waals surface area contributed by atoms with Gasteiger partial charge in [0.15, 0.2) is 0 Å². The van der Waals surface area contributed by atoms with Crippen LogP contribution in [0.25, 0.3) is 0 Å². The van der Waals surface area contributed by atoms with E-state index < -0.39 is 4.92 Å². The second kappa shape index (κ2) is 5.21. The molecule has 8 heteroatoms. The van der Waals surface area contributed by atoms with Gasteiger partial charge in [-0.2, -0.15) is 5.10 Å². The highest BCUT2D eigenvalue weighted by Gasteiger charge is 2.16. The number of nitrogens with zero attached hydrogens (tertiary/aromatic N) is 3. The molecule has 0 saturated heterocycles. The number of aromatic nitrogens is 2. The predicted octanol–water partition coefficient (Wildman–Crippen LogP) is -0.825. The molecule has 0 saturated carbocycles. The normalized spacial score (nSPS) is 10.1. The van der Waals surface area contributed by atoms with Crippen LogP contribution in [0.2, 0.25) is 0 Å². The van der Waals surface area contributed by atoms with Gasteiger partial charge >= 0.3 is 5.69 Å². The number of amides is 1. The van der Waals surface area contributed by atoms with Crippen LogP contribution in [0.4, 0.5) is 5.69 Å². The van der Waals surface area contributed by atoms with Crippen molar-refractivity contribution in [3.05, 3.63) is 22.0 Å². The van der Waals surface area contributed by atoms with Crippen molar-refractivity contribution >= 4 is 11.6 Å². The largest absolute Gasteiger partial charge is 0.353 e. The van der Waals surface area contributed by atoms with Crippen LogP contribution in [0.5, 0.6) is 0 Å². The smallest absolute Gasteiger partial charge is 0.309 e. The Morgan fingerprint density at radius 1 is 1.75 bits per heavy atom. The summed E-state index contributed by atoms with van der Waals surface area (Å²) in [7, 11) is 0. The number of nitrogens with two attached hydrogens (primary N) is 1. The number of nitrogens with one attached hydrogen (secondary N) is 1. The van der Waals surface area contributed by atoms with Crippen LogP contribution < -0.4 is 11.1 Å². The van der Waals surface area contributed by atoms with Crippen LogP contribution >= 0.6 is 0 Å². The van der Waals surface area contributed by atoms with Gasteiger partial charge in [0.2, 0.25) is 5.91 Å². The molecule has 1 heterocycles. The number of hydrogen-bond acceptors (Lipinski definition) is 5. The molecule has 8 nitrogen and oxygen atoms in total. The van der Waals surface area contributed by atoms with Gasteiger partial charge in [0.05, 0.1) is 4.92 Å². The molecule has 0 radical (unpaired) electrons. The van der Waals surface area contributed by atoms with Gasteiger partial charge in [-0.15, -0.1) is 0 Å². The fourth-order valence-corrected chi connectivity index (χ4v) is 1.18. The van der Waals surface area contributed by atoms with Crippen molar-refractivity contribution < 1.29 is 9.72 Å². The van der Waals surface area contributed by atoms with Crippen molar-refractivity contribution in [2.75, 3.05) is 13.1 Å². The SMILES string of the molecule is Cc1nn(CC(=O)NCCN)cc1[N+](=O)[O-]. The van der Waals surface area contributed by atoms with E-state index in [9.17, 15) is 14.9 Å². The first kappa shape index (κ1) is 12.1. The molecular weight excluding hydrogens is 214 g/mol. The second-order valence-electron chi connectivity index (χ2n) is 3.19. The second-order valence-corrected chi connectivity index (χ2v) is 3.19. The summed E-state index contributed by atoms with van der Waals surface area (Å²) in [4.78, 5) is 21.3. The summed E-state index contributed by atoms with van der Waals surface area (Å²) in [6.45, 7) is 2.20. The number of nitro groups is 1. The Labute approximate surface area is 91.6 Å². The highest BCUT2D eigenvalue weighted by molar-refractivity contribution is 5.75. The minimum Gasteiger partial charge on any atom is -0.353 e. The molecule has 0 atom stereocenters. The average Bonchev–Trinajstić information content (AvgIpc) is 2.56. The molecule has 3 N–H and O–H groups in total. The van der Waals surface area contributed by atoms with Crippen LogP contribution in [0.3, 0.4) is 0 Å². The maximum atomic E-state index is 11.3. The molecule has 1 rings (SSSR count). The zero-order chi connectivity index (χ0) is 12.1. The zero-order valence-electron chi connectivity index (χ0n) is 8.84. The molecule has 0 unspecified atom stereocenters. The first-order valence-electron chi connectivity index (χ1n) is 4.69. The van der Waals surface area contributed by atoms with Crippen molar-refractivity contribution in [3.8, 4) is 0 Å². The minimum absolute atomic E-state index is 0.0469. The fraction of sp³-hybridized carbons (Fsp3) is 0.500. The molecule has 1 amide bonds. The number of aryl methyl sites for hydroxylation is 1. The third kappa shape index (κ3) is 3.02. The Morgan fingerprint density at radius 2 is 2.44 bits per heavy atom. The molecule has 0 fully saturated rings. The molecule has 16 heavy (non-hydrogen) atoms.